The van der Waals surface area contributed by atoms with Crippen molar-refractivity contribution in [3.8, 4) is 0 Å². The van der Waals surface area contributed by atoms with Gasteiger partial charge in [0.2, 0.25) is 0 Å². The van der Waals surface area contributed by atoms with Gasteiger partial charge in [0.15, 0.2) is 0 Å². The topological polar surface area (TPSA) is 90.2 Å². The van der Waals surface area contributed by atoms with Crippen molar-refractivity contribution >= 4 is 38.3 Å². The van der Waals surface area contributed by atoms with Crippen LogP contribution in [0.4, 0.5) is 5.69 Å². The van der Waals surface area contributed by atoms with Crippen LogP contribution in [0.1, 0.15) is 11.1 Å². The molecule has 0 atom stereocenters. The number of benzene rings is 2. The molecule has 3 aromatic rings. The van der Waals surface area contributed by atoms with Gasteiger partial charge in [-0.3, -0.25) is 14.3 Å². The van der Waals surface area contributed by atoms with Crippen molar-refractivity contribution in [3.63, 3.8) is 0 Å². The summed E-state index contributed by atoms with van der Waals surface area (Å²) in [4.78, 5) is 24.1. The lowest BCUT2D eigenvalue weighted by Gasteiger charge is -2.15. The highest BCUT2D eigenvalue weighted by Crippen LogP contribution is 2.26. The summed E-state index contributed by atoms with van der Waals surface area (Å²) in [6.07, 6.45) is 0. The molecule has 7 nitrogen and oxygen atoms in total. The third-order valence-electron chi connectivity index (χ3n) is 4.50. The highest BCUT2D eigenvalue weighted by Gasteiger charge is 2.20. The molecule has 1 N–H and O–H groups in total. The lowest BCUT2D eigenvalue weighted by atomic mass is 10.2. The van der Waals surface area contributed by atoms with Gasteiger partial charge in [-0.25, -0.2) is 8.42 Å². The Morgan fingerprint density at radius 3 is 2.00 bits per heavy atom. The van der Waals surface area contributed by atoms with E-state index < -0.39 is 21.1 Å². The number of hydrogen-bond donors (Lipinski definition) is 1. The second-order valence-electron chi connectivity index (χ2n) is 6.40. The molecule has 142 valence electrons. The summed E-state index contributed by atoms with van der Waals surface area (Å²) in [6.45, 7) is 3.45. The Labute approximate surface area is 160 Å². The van der Waals surface area contributed by atoms with E-state index >= 15 is 0 Å². The molecule has 0 saturated heterocycles. The minimum Gasteiger partial charge on any atom is -0.305 e. The third-order valence-corrected chi connectivity index (χ3v) is 6.43. The van der Waals surface area contributed by atoms with Crippen molar-refractivity contribution in [1.82, 2.24) is 9.13 Å². The summed E-state index contributed by atoms with van der Waals surface area (Å²) in [6, 6.07) is 7.84. The molecular formula is C18H18ClN3O4S. The molecule has 2 aromatic carbocycles. The van der Waals surface area contributed by atoms with Crippen molar-refractivity contribution in [2.24, 2.45) is 14.1 Å². The molecule has 3 rings (SSSR count). The molecule has 0 saturated carbocycles. The molecule has 0 radical (unpaired) electrons. The Morgan fingerprint density at radius 2 is 1.44 bits per heavy atom. The number of nitrogens with zero attached hydrogens (tertiary/aromatic N) is 2. The molecule has 0 aliphatic carbocycles. The Bertz CT molecular complexity index is 1310. The van der Waals surface area contributed by atoms with E-state index in [4.69, 9.17) is 11.6 Å². The van der Waals surface area contributed by atoms with Gasteiger partial charge in [-0.15, -0.1) is 0 Å². The van der Waals surface area contributed by atoms with Gasteiger partial charge in [0.05, 0.1) is 21.6 Å². The largest absolute Gasteiger partial charge is 0.316 e. The predicted molar refractivity (Wildman–Crippen MR) is 106 cm³/mol. The predicted octanol–water partition coefficient (Wildman–Crippen LogP) is 2.31. The van der Waals surface area contributed by atoms with Crippen LogP contribution >= 0.6 is 11.6 Å². The van der Waals surface area contributed by atoms with Crippen LogP contribution in [0.25, 0.3) is 11.0 Å². The minimum atomic E-state index is -3.93. The van der Waals surface area contributed by atoms with E-state index in [1.54, 1.807) is 25.1 Å². The van der Waals surface area contributed by atoms with E-state index in [2.05, 4.69) is 4.72 Å². The highest BCUT2D eigenvalue weighted by atomic mass is 35.5. The van der Waals surface area contributed by atoms with Gasteiger partial charge < -0.3 is 9.13 Å². The number of hydrogen-bond acceptors (Lipinski definition) is 4. The molecule has 0 amide bonds. The fourth-order valence-corrected chi connectivity index (χ4v) is 4.34. The van der Waals surface area contributed by atoms with Crippen molar-refractivity contribution < 1.29 is 8.42 Å². The summed E-state index contributed by atoms with van der Waals surface area (Å²) in [5, 5.41) is 0.447. The smallest absolute Gasteiger partial charge is 0.305 e. The number of halogens is 1. The number of fused-ring (bicyclic) bond motifs is 1. The van der Waals surface area contributed by atoms with Crippen molar-refractivity contribution in [2.75, 3.05) is 4.72 Å². The summed E-state index contributed by atoms with van der Waals surface area (Å²) in [7, 11) is -1.02. The van der Waals surface area contributed by atoms with Crippen LogP contribution in [-0.2, 0) is 24.1 Å². The molecule has 0 spiro atoms. The van der Waals surface area contributed by atoms with Crippen molar-refractivity contribution in [3.05, 3.63) is 67.2 Å². The third kappa shape index (κ3) is 3.26. The fraction of sp³-hybridized carbons (Fsp3) is 0.222. The van der Waals surface area contributed by atoms with Crippen LogP contribution in [0.2, 0.25) is 5.02 Å². The van der Waals surface area contributed by atoms with Gasteiger partial charge in [0, 0.05) is 19.1 Å². The fourth-order valence-electron chi connectivity index (χ4n) is 2.86. The molecule has 9 heteroatoms. The maximum atomic E-state index is 12.9. The van der Waals surface area contributed by atoms with Gasteiger partial charge >= 0.3 is 11.1 Å². The highest BCUT2D eigenvalue weighted by molar-refractivity contribution is 7.92. The second kappa shape index (κ2) is 6.54. The zero-order chi connectivity index (χ0) is 20.1. The maximum absolute atomic E-state index is 12.9. The number of nitrogens with one attached hydrogen (secondary N) is 1. The SMILES string of the molecule is Cc1ccc(NS(=O)(=O)c2cc3c(cc2C)n(C)c(=O)c(=O)n3C)cc1Cl. The second-order valence-corrected chi connectivity index (χ2v) is 8.46. The molecule has 0 aliphatic heterocycles. The van der Waals surface area contributed by atoms with Gasteiger partial charge in [-0.1, -0.05) is 17.7 Å². The minimum absolute atomic E-state index is 0.0142. The lowest BCUT2D eigenvalue weighted by molar-refractivity contribution is 0.600. The quantitative estimate of drug-likeness (QED) is 0.674. The Hall–Kier alpha value is -2.58. The zero-order valence-electron chi connectivity index (χ0n) is 15.2. The number of anilines is 1. The van der Waals surface area contributed by atoms with Gasteiger partial charge in [-0.2, -0.15) is 0 Å². The first kappa shape index (κ1) is 19.2. The molecule has 0 bridgehead atoms. The molecular weight excluding hydrogens is 390 g/mol. The average Bonchev–Trinajstić information content (AvgIpc) is 2.60. The van der Waals surface area contributed by atoms with Gasteiger partial charge in [0.25, 0.3) is 10.0 Å². The Kier molecular flexibility index (Phi) is 4.65. The van der Waals surface area contributed by atoms with E-state index in [0.717, 1.165) is 10.1 Å². The maximum Gasteiger partial charge on any atom is 0.316 e. The Morgan fingerprint density at radius 1 is 0.889 bits per heavy atom. The first-order valence-electron chi connectivity index (χ1n) is 8.02. The normalized spacial score (nSPS) is 11.7. The van der Waals surface area contributed by atoms with E-state index in [9.17, 15) is 18.0 Å². The average molecular weight is 408 g/mol. The number of rotatable bonds is 3. The van der Waals surface area contributed by atoms with Crippen LogP contribution in [-0.4, -0.2) is 17.6 Å². The molecule has 0 fully saturated rings. The molecule has 1 aromatic heterocycles. The number of sulfonamides is 1. The zero-order valence-corrected chi connectivity index (χ0v) is 16.8. The number of aryl methyl sites for hydroxylation is 4. The monoisotopic (exact) mass is 407 g/mol. The molecule has 0 aliphatic rings. The standard InChI is InChI=1S/C18H18ClN3O4S/c1-10-5-6-12(8-13(10)19)20-27(25,26)16-9-15-14(7-11(16)2)21(3)17(23)18(24)22(15)4/h5-9,20H,1-4H3. The van der Waals surface area contributed by atoms with Crippen LogP contribution in [0, 0.1) is 13.8 Å². The molecule has 0 unspecified atom stereocenters. The molecule has 27 heavy (non-hydrogen) atoms. The van der Waals surface area contributed by atoms with Crippen LogP contribution in [0.15, 0.2) is 44.8 Å². The Balaban J connectivity index is 2.21. The van der Waals surface area contributed by atoms with E-state index in [-0.39, 0.29) is 4.90 Å². The van der Waals surface area contributed by atoms with Gasteiger partial charge in [-0.05, 0) is 49.2 Å². The first-order valence-corrected chi connectivity index (χ1v) is 9.88. The van der Waals surface area contributed by atoms with E-state index in [0.29, 0.717) is 27.3 Å². The first-order chi connectivity index (χ1) is 12.5. The van der Waals surface area contributed by atoms with E-state index in [1.165, 1.54) is 30.8 Å². The van der Waals surface area contributed by atoms with Crippen LogP contribution in [0.3, 0.4) is 0 Å². The summed E-state index contributed by atoms with van der Waals surface area (Å²) >= 11 is 6.06. The number of aromatic nitrogens is 2. The van der Waals surface area contributed by atoms with E-state index in [1.807, 2.05) is 6.92 Å². The lowest BCUT2D eigenvalue weighted by Crippen LogP contribution is -2.39. The van der Waals surface area contributed by atoms with Crippen LogP contribution < -0.4 is 15.8 Å². The summed E-state index contributed by atoms with van der Waals surface area (Å²) < 4.78 is 30.7. The van der Waals surface area contributed by atoms with Gasteiger partial charge in [0.1, 0.15) is 0 Å². The summed E-state index contributed by atoms with van der Waals surface area (Å²) in [5.41, 5.74) is 1.02. The van der Waals surface area contributed by atoms with Crippen molar-refractivity contribution in [1.29, 1.82) is 0 Å². The summed E-state index contributed by atoms with van der Waals surface area (Å²) in [5.74, 6) is 0. The van der Waals surface area contributed by atoms with Crippen LogP contribution in [0.5, 0.6) is 0 Å². The van der Waals surface area contributed by atoms with Crippen molar-refractivity contribution in [2.45, 2.75) is 18.7 Å². The molecule has 1 heterocycles.